The average Bonchev–Trinajstić information content (AvgIpc) is 3.43. The third-order valence-corrected chi connectivity index (χ3v) is 9.66. The maximum Gasteiger partial charge on any atom is 0.175 e. The zero-order chi connectivity index (χ0) is 30.1. The van der Waals surface area contributed by atoms with Crippen molar-refractivity contribution >= 4 is 11.6 Å². The Morgan fingerprint density at radius 1 is 0.537 bits per heavy atom. The predicted octanol–water partition coefficient (Wildman–Crippen LogP) is 7.76. The second-order valence-corrected chi connectivity index (χ2v) is 11.2. The van der Waals surface area contributed by atoms with Crippen LogP contribution in [-0.4, -0.2) is 44.6 Å². The summed E-state index contributed by atoms with van der Waals surface area (Å²) in [4.78, 5) is 24.3. The molecule has 41 heavy (non-hydrogen) atoms. The monoisotopic (exact) mass is 922 g/mol. The molecule has 0 aromatic carbocycles. The topological polar surface area (TPSA) is 93.1 Å². The molecule has 0 aromatic heterocycles. The molecule has 6 unspecified atom stereocenters. The van der Waals surface area contributed by atoms with Gasteiger partial charge in [0.05, 0.1) is 23.0 Å². The van der Waals surface area contributed by atoms with Gasteiger partial charge in [0.25, 0.3) is 0 Å². The summed E-state index contributed by atoms with van der Waals surface area (Å²) in [5.41, 5.74) is -0.606. The van der Waals surface area contributed by atoms with Crippen LogP contribution < -0.4 is 0 Å². The number of carbonyl (C=O) groups is 2. The van der Waals surface area contributed by atoms with Crippen molar-refractivity contribution in [1.29, 1.82) is 0 Å². The zero-order valence-electron chi connectivity index (χ0n) is 27.8. The Bertz CT molecular complexity index is 765. The van der Waals surface area contributed by atoms with E-state index in [1.165, 1.54) is 6.42 Å². The number of hydrogen-bond donors (Lipinski definition) is 2. The first-order valence-electron chi connectivity index (χ1n) is 16.6. The molecule has 0 amide bonds. The molecular formula is C33H62O6W2. The van der Waals surface area contributed by atoms with Crippen LogP contribution in [0.25, 0.3) is 0 Å². The molecule has 4 bridgehead atoms. The molecule has 8 aliphatic rings. The van der Waals surface area contributed by atoms with Gasteiger partial charge in [0.1, 0.15) is 11.6 Å². The molecule has 6 nitrogen and oxygen atoms in total. The quantitative estimate of drug-likeness (QED) is 0.259. The first-order valence-corrected chi connectivity index (χ1v) is 16.6. The molecule has 4 saturated carbocycles. The molecule has 0 aromatic rings. The molecule has 4 aliphatic carbocycles. The van der Waals surface area contributed by atoms with Crippen LogP contribution in [0, 0.1) is 23.7 Å². The Morgan fingerprint density at radius 3 is 1.07 bits per heavy atom. The third kappa shape index (κ3) is 8.64. The van der Waals surface area contributed by atoms with E-state index >= 15 is 0 Å². The van der Waals surface area contributed by atoms with Gasteiger partial charge in [-0.3, -0.25) is 9.59 Å². The van der Waals surface area contributed by atoms with Crippen molar-refractivity contribution in [3.05, 3.63) is 0 Å². The predicted molar refractivity (Wildman–Crippen MR) is 158 cm³/mol. The van der Waals surface area contributed by atoms with E-state index in [9.17, 15) is 19.8 Å². The Labute approximate surface area is 280 Å². The van der Waals surface area contributed by atoms with Crippen LogP contribution >= 0.6 is 0 Å². The Balaban J connectivity index is 0. The fourth-order valence-electron chi connectivity index (χ4n) is 7.66. The van der Waals surface area contributed by atoms with Crippen molar-refractivity contribution < 1.29 is 71.4 Å². The van der Waals surface area contributed by atoms with Crippen LogP contribution in [0.5, 0.6) is 0 Å². The number of aliphatic hydroxyl groups is 2. The van der Waals surface area contributed by atoms with Gasteiger partial charge >= 0.3 is 0 Å². The van der Waals surface area contributed by atoms with Gasteiger partial charge in [0.15, 0.2) is 11.6 Å². The molecule has 2 N–H and O–H groups in total. The fourth-order valence-corrected chi connectivity index (χ4v) is 7.66. The summed E-state index contributed by atoms with van der Waals surface area (Å²) in [6, 6.07) is 0. The molecule has 4 aliphatic heterocycles. The van der Waals surface area contributed by atoms with E-state index in [0.717, 1.165) is 64.2 Å². The molecule has 0 radical (unpaired) electrons. The van der Waals surface area contributed by atoms with Crippen molar-refractivity contribution in [2.75, 3.05) is 0 Å². The Hall–Kier alpha value is 0.557. The average molecular weight is 923 g/mol. The van der Waals surface area contributed by atoms with Crippen LogP contribution in [-0.2, 0) is 61.2 Å². The largest absolute Gasteiger partial charge is 0.365 e. The Kier molecular flexibility index (Phi) is 20.4. The van der Waals surface area contributed by atoms with Crippen molar-refractivity contribution in [1.82, 2.24) is 0 Å². The summed E-state index contributed by atoms with van der Waals surface area (Å²) >= 11 is 0. The van der Waals surface area contributed by atoms with Crippen LogP contribution in [0.2, 0.25) is 0 Å². The van der Waals surface area contributed by atoms with E-state index in [1.807, 2.05) is 62.3 Å². The van der Waals surface area contributed by atoms with Crippen LogP contribution in [0.4, 0.5) is 0 Å². The summed E-state index contributed by atoms with van der Waals surface area (Å²) in [5.74, 6) is -2.40. The van der Waals surface area contributed by atoms with E-state index in [-0.39, 0.29) is 88.6 Å². The van der Waals surface area contributed by atoms with E-state index in [4.69, 9.17) is 9.47 Å². The molecule has 242 valence electrons. The maximum atomic E-state index is 12.2. The minimum atomic E-state index is -1.16. The van der Waals surface area contributed by atoms with Gasteiger partial charge in [-0.1, -0.05) is 101 Å². The molecular weight excluding hydrogens is 860 g/mol. The van der Waals surface area contributed by atoms with Crippen molar-refractivity contribution in [3.8, 4) is 0 Å². The standard InChI is InChI=1S/C13H20O3.C12H18O3.4C2H6.2W/c1-9-11(14)10-5-8-13(9,15)16-12(10)6-3-2-4-7-12;1-8-10(13)9-4-7-12(8,14)15-11(9)5-2-3-6-11;4*1-2;;/h9-10,15H,2-8H2,1H3;8-9,14H,2-7H2,1H3;4*1-2H3;;. The molecule has 4 saturated heterocycles. The van der Waals surface area contributed by atoms with Crippen molar-refractivity contribution in [3.63, 3.8) is 0 Å². The fraction of sp³-hybridized carbons (Fsp3) is 0.939. The number of Topliss-reactive ketones (excluding diaryl/α,β-unsaturated/α-hetero) is 2. The van der Waals surface area contributed by atoms with Gasteiger partial charge in [-0.05, 0) is 38.5 Å². The maximum absolute atomic E-state index is 12.2. The summed E-state index contributed by atoms with van der Waals surface area (Å²) in [6.07, 6.45) is 12.5. The van der Waals surface area contributed by atoms with Crippen molar-refractivity contribution in [2.24, 2.45) is 23.7 Å². The molecule has 6 atom stereocenters. The molecule has 8 heteroatoms. The Morgan fingerprint density at radius 2 is 0.805 bits per heavy atom. The van der Waals surface area contributed by atoms with Crippen LogP contribution in [0.1, 0.15) is 153 Å². The molecule has 2 spiro atoms. The number of carbonyl (C=O) groups excluding carboxylic acids is 2. The molecule has 8 fully saturated rings. The minimum absolute atomic E-state index is 0. The van der Waals surface area contributed by atoms with Gasteiger partial charge < -0.3 is 19.7 Å². The SMILES string of the molecule is CC.CC.CC.CC.CC1C(=O)C2CCC1(O)OC21CCCC1.CC1C(=O)C2CCC1(O)OC21CCCCC1.[W].[W]. The van der Waals surface area contributed by atoms with Gasteiger partial charge in [-0.25, -0.2) is 0 Å². The number of rotatable bonds is 0. The van der Waals surface area contributed by atoms with Gasteiger partial charge in [-0.15, -0.1) is 0 Å². The third-order valence-electron chi connectivity index (χ3n) is 9.66. The number of hydrogen-bond acceptors (Lipinski definition) is 6. The van der Waals surface area contributed by atoms with Crippen molar-refractivity contribution in [2.45, 2.75) is 175 Å². The van der Waals surface area contributed by atoms with Gasteiger partial charge in [-0.2, -0.15) is 0 Å². The minimum Gasteiger partial charge on any atom is -0.365 e. The summed E-state index contributed by atoms with van der Waals surface area (Å²) in [5, 5.41) is 20.8. The van der Waals surface area contributed by atoms with Gasteiger partial charge in [0, 0.05) is 66.8 Å². The normalized spacial score (nSPS) is 36.1. The smallest absolute Gasteiger partial charge is 0.175 e. The van der Waals surface area contributed by atoms with E-state index in [2.05, 4.69) is 0 Å². The van der Waals surface area contributed by atoms with Crippen LogP contribution in [0.15, 0.2) is 0 Å². The first-order chi connectivity index (χ1) is 18.6. The number of ketones is 2. The summed E-state index contributed by atoms with van der Waals surface area (Å²) < 4.78 is 12.0. The first kappa shape index (κ1) is 43.7. The molecule has 8 rings (SSSR count). The number of ether oxygens (including phenoxy) is 2. The zero-order valence-corrected chi connectivity index (χ0v) is 33.7. The van der Waals surface area contributed by atoms with Gasteiger partial charge in [0.2, 0.25) is 0 Å². The van der Waals surface area contributed by atoms with E-state index < -0.39 is 11.6 Å². The second-order valence-electron chi connectivity index (χ2n) is 11.2. The second kappa shape index (κ2) is 19.2. The summed E-state index contributed by atoms with van der Waals surface area (Å²) in [6.45, 7) is 19.6. The van der Waals surface area contributed by atoms with E-state index in [1.54, 1.807) is 6.92 Å². The molecule has 4 heterocycles. The number of fused-ring (bicyclic) bond motifs is 4. The van der Waals surface area contributed by atoms with Crippen LogP contribution in [0.3, 0.4) is 0 Å². The van der Waals surface area contributed by atoms with E-state index in [0.29, 0.717) is 12.8 Å². The summed E-state index contributed by atoms with van der Waals surface area (Å²) in [7, 11) is 0.